The van der Waals surface area contributed by atoms with Gasteiger partial charge >= 0.3 is 0 Å². The fourth-order valence-corrected chi connectivity index (χ4v) is 4.80. The molecule has 2 aliphatic rings. The van der Waals surface area contributed by atoms with Gasteiger partial charge in [0.05, 0.1) is 0 Å². The van der Waals surface area contributed by atoms with E-state index in [9.17, 15) is 4.79 Å². The number of hydrogen-bond acceptors (Lipinski definition) is 4. The fourth-order valence-electron chi connectivity index (χ4n) is 2.49. The van der Waals surface area contributed by atoms with Gasteiger partial charge in [-0.05, 0) is 42.1 Å². The zero-order chi connectivity index (χ0) is 13.1. The van der Waals surface area contributed by atoms with Crippen molar-refractivity contribution in [3.8, 4) is 0 Å². The molecule has 0 radical (unpaired) electrons. The average molecular weight is 331 g/mol. The molecular weight excluding hydrogens is 312 g/mol. The Morgan fingerprint density at radius 3 is 3.15 bits per heavy atom. The molecule has 1 unspecified atom stereocenters. The number of rotatable bonds is 3. The monoisotopic (exact) mass is 330 g/mol. The van der Waals surface area contributed by atoms with Crippen LogP contribution in [0.2, 0.25) is 0 Å². The van der Waals surface area contributed by atoms with Crippen molar-refractivity contribution in [2.45, 2.75) is 18.1 Å². The Bertz CT molecular complexity index is 501. The molecule has 0 aromatic carbocycles. The maximum Gasteiger partial charge on any atom is 0.237 e. The van der Waals surface area contributed by atoms with Crippen LogP contribution in [0.5, 0.6) is 0 Å². The summed E-state index contributed by atoms with van der Waals surface area (Å²) in [5.41, 5.74) is 2.58. The molecule has 0 aliphatic carbocycles. The first-order valence-electron chi connectivity index (χ1n) is 6.69. The Kier molecular flexibility index (Phi) is 5.96. The Morgan fingerprint density at radius 2 is 2.35 bits per heavy atom. The van der Waals surface area contributed by atoms with Crippen LogP contribution in [0.25, 0.3) is 0 Å². The van der Waals surface area contributed by atoms with Crippen molar-refractivity contribution >= 4 is 41.4 Å². The van der Waals surface area contributed by atoms with E-state index < -0.39 is 0 Å². The summed E-state index contributed by atoms with van der Waals surface area (Å²) in [4.78, 5) is 13.7. The van der Waals surface area contributed by atoms with Gasteiger partial charge in [-0.2, -0.15) is 0 Å². The van der Waals surface area contributed by atoms with E-state index in [1.54, 1.807) is 23.1 Å². The van der Waals surface area contributed by atoms with Crippen LogP contribution in [0, 0.1) is 0 Å². The molecule has 3 nitrogen and oxygen atoms in total. The van der Waals surface area contributed by atoms with Crippen LogP contribution < -0.4 is 10.6 Å². The third-order valence-corrected chi connectivity index (χ3v) is 5.80. The standard InChI is InChI=1S/C14H18N2OS2.ClH/c17-14(16-9-10-1-5-15-6-2-10)13-11-3-7-18-12(11)4-8-19-13;/h1,3,7,13,15H,2,4-6,8-9H2,(H,16,17);1H. The lowest BCUT2D eigenvalue weighted by atomic mass is 10.1. The van der Waals surface area contributed by atoms with Gasteiger partial charge in [0.1, 0.15) is 5.25 Å². The number of fused-ring (bicyclic) bond motifs is 1. The summed E-state index contributed by atoms with van der Waals surface area (Å²) < 4.78 is 0. The van der Waals surface area contributed by atoms with Gasteiger partial charge in [-0.25, -0.2) is 0 Å². The molecule has 1 aromatic heterocycles. The zero-order valence-electron chi connectivity index (χ0n) is 11.2. The molecule has 0 saturated carbocycles. The number of halogens is 1. The highest BCUT2D eigenvalue weighted by molar-refractivity contribution is 8.00. The molecule has 2 N–H and O–H groups in total. The highest BCUT2D eigenvalue weighted by Gasteiger charge is 2.27. The van der Waals surface area contributed by atoms with Gasteiger partial charge in [-0.1, -0.05) is 11.6 Å². The van der Waals surface area contributed by atoms with Crippen molar-refractivity contribution in [3.05, 3.63) is 33.5 Å². The van der Waals surface area contributed by atoms with Crippen LogP contribution in [-0.4, -0.2) is 31.3 Å². The van der Waals surface area contributed by atoms with Crippen molar-refractivity contribution in [2.24, 2.45) is 0 Å². The first-order valence-corrected chi connectivity index (χ1v) is 8.61. The number of thioether (sulfide) groups is 1. The van der Waals surface area contributed by atoms with Crippen molar-refractivity contribution in [1.82, 2.24) is 10.6 Å². The van der Waals surface area contributed by atoms with E-state index in [4.69, 9.17) is 0 Å². The van der Waals surface area contributed by atoms with Gasteiger partial charge in [0.15, 0.2) is 0 Å². The van der Waals surface area contributed by atoms with Crippen molar-refractivity contribution in [3.63, 3.8) is 0 Å². The van der Waals surface area contributed by atoms with Crippen LogP contribution in [-0.2, 0) is 11.2 Å². The molecular formula is C14H19ClN2OS2. The van der Waals surface area contributed by atoms with Crippen LogP contribution in [0.15, 0.2) is 23.1 Å². The summed E-state index contributed by atoms with van der Waals surface area (Å²) in [7, 11) is 0. The second-order valence-electron chi connectivity index (χ2n) is 4.83. The molecule has 20 heavy (non-hydrogen) atoms. The zero-order valence-corrected chi connectivity index (χ0v) is 13.6. The molecule has 110 valence electrons. The molecule has 0 spiro atoms. The first-order chi connectivity index (χ1) is 9.34. The van der Waals surface area contributed by atoms with E-state index in [1.165, 1.54) is 16.0 Å². The van der Waals surface area contributed by atoms with Gasteiger partial charge in [0.2, 0.25) is 5.91 Å². The smallest absolute Gasteiger partial charge is 0.237 e. The van der Waals surface area contributed by atoms with Crippen LogP contribution in [0.4, 0.5) is 0 Å². The number of amides is 1. The number of nitrogens with one attached hydrogen (secondary N) is 2. The molecule has 6 heteroatoms. The largest absolute Gasteiger partial charge is 0.351 e. The number of hydrogen-bond donors (Lipinski definition) is 2. The lowest BCUT2D eigenvalue weighted by molar-refractivity contribution is -0.120. The summed E-state index contributed by atoms with van der Waals surface area (Å²) in [5.74, 6) is 1.22. The summed E-state index contributed by atoms with van der Waals surface area (Å²) in [6, 6.07) is 2.11. The van der Waals surface area contributed by atoms with Gasteiger partial charge in [-0.15, -0.1) is 35.5 Å². The maximum atomic E-state index is 12.3. The number of carbonyl (C=O) groups is 1. The normalized spacial score (nSPS) is 21.4. The summed E-state index contributed by atoms with van der Waals surface area (Å²) in [6.45, 7) is 2.66. The predicted octanol–water partition coefficient (Wildman–Crippen LogP) is 2.54. The highest BCUT2D eigenvalue weighted by Crippen LogP contribution is 2.39. The molecule has 0 fully saturated rings. The molecule has 2 aliphatic heterocycles. The third-order valence-electron chi connectivity index (χ3n) is 3.56. The van der Waals surface area contributed by atoms with Gasteiger partial charge in [0.25, 0.3) is 0 Å². The summed E-state index contributed by atoms with van der Waals surface area (Å²) in [6.07, 6.45) is 4.34. The average Bonchev–Trinajstić information content (AvgIpc) is 2.94. The lowest BCUT2D eigenvalue weighted by Gasteiger charge is -2.22. The van der Waals surface area contributed by atoms with E-state index in [1.807, 2.05) is 0 Å². The van der Waals surface area contributed by atoms with Crippen molar-refractivity contribution in [1.29, 1.82) is 0 Å². The van der Waals surface area contributed by atoms with Crippen LogP contribution in [0.3, 0.4) is 0 Å². The number of carbonyl (C=O) groups excluding carboxylic acids is 1. The van der Waals surface area contributed by atoms with E-state index in [2.05, 4.69) is 28.2 Å². The Morgan fingerprint density at radius 1 is 1.45 bits per heavy atom. The Labute approximate surface area is 134 Å². The third kappa shape index (κ3) is 3.58. The second kappa shape index (κ2) is 7.50. The Balaban J connectivity index is 0.00000147. The molecule has 1 atom stereocenters. The van der Waals surface area contributed by atoms with Crippen molar-refractivity contribution in [2.75, 3.05) is 25.4 Å². The molecule has 1 aromatic rings. The van der Waals surface area contributed by atoms with E-state index in [-0.39, 0.29) is 23.6 Å². The van der Waals surface area contributed by atoms with Crippen LogP contribution in [0.1, 0.15) is 22.1 Å². The molecule has 0 bridgehead atoms. The quantitative estimate of drug-likeness (QED) is 0.837. The van der Waals surface area contributed by atoms with Gasteiger partial charge in [-0.3, -0.25) is 4.79 Å². The molecule has 0 saturated heterocycles. The molecule has 1 amide bonds. The lowest BCUT2D eigenvalue weighted by Crippen LogP contribution is -2.33. The Hall–Kier alpha value is -0.490. The van der Waals surface area contributed by atoms with Gasteiger partial charge in [0, 0.05) is 18.0 Å². The fraction of sp³-hybridized carbons (Fsp3) is 0.500. The van der Waals surface area contributed by atoms with Crippen LogP contribution >= 0.6 is 35.5 Å². The van der Waals surface area contributed by atoms with Gasteiger partial charge < -0.3 is 10.6 Å². The van der Waals surface area contributed by atoms with E-state index in [0.29, 0.717) is 6.54 Å². The maximum absolute atomic E-state index is 12.3. The molecule has 3 rings (SSSR count). The van der Waals surface area contributed by atoms with E-state index in [0.717, 1.165) is 31.7 Å². The number of aryl methyl sites for hydroxylation is 1. The second-order valence-corrected chi connectivity index (χ2v) is 7.05. The molecule has 3 heterocycles. The SMILES string of the molecule is Cl.O=C(NCC1=CCNCC1)C1SCCc2sccc21. The number of thiophene rings is 1. The minimum absolute atomic E-state index is 0. The summed E-state index contributed by atoms with van der Waals surface area (Å²) >= 11 is 3.55. The first kappa shape index (κ1) is 15.9. The van der Waals surface area contributed by atoms with Crippen molar-refractivity contribution < 1.29 is 4.79 Å². The van der Waals surface area contributed by atoms with E-state index >= 15 is 0 Å². The minimum Gasteiger partial charge on any atom is -0.351 e. The summed E-state index contributed by atoms with van der Waals surface area (Å²) in [5, 5.41) is 8.49. The topological polar surface area (TPSA) is 41.1 Å². The predicted molar refractivity (Wildman–Crippen MR) is 89.0 cm³/mol. The highest BCUT2D eigenvalue weighted by atomic mass is 35.5. The minimum atomic E-state index is -0.00249.